The molecule has 0 saturated heterocycles. The lowest BCUT2D eigenvalue weighted by Gasteiger charge is -2.64. The Hall–Kier alpha value is -0.870. The van der Waals surface area contributed by atoms with Crippen molar-refractivity contribution in [1.82, 2.24) is 0 Å². The van der Waals surface area contributed by atoms with E-state index in [9.17, 15) is 15.0 Å². The van der Waals surface area contributed by atoms with Gasteiger partial charge in [-0.3, -0.25) is 0 Å². The Labute approximate surface area is 164 Å². The maximum absolute atomic E-state index is 12.1. The van der Waals surface area contributed by atoms with Gasteiger partial charge in [0.2, 0.25) is 0 Å². The first kappa shape index (κ1) is 20.9. The topological polar surface area (TPSA) is 66.8 Å². The number of hydrogen-bond acceptors (Lipinski definition) is 4. The van der Waals surface area contributed by atoms with Gasteiger partial charge in [-0.25, -0.2) is 4.79 Å². The van der Waals surface area contributed by atoms with Gasteiger partial charge in [0.15, 0.2) is 0 Å². The number of aliphatic hydroxyl groups is 2. The van der Waals surface area contributed by atoms with Crippen LogP contribution >= 0.6 is 0 Å². The number of esters is 1. The van der Waals surface area contributed by atoms with E-state index in [4.69, 9.17) is 4.74 Å². The smallest absolute Gasteiger partial charge is 0.334 e. The van der Waals surface area contributed by atoms with Gasteiger partial charge >= 0.3 is 5.97 Å². The Kier molecular flexibility index (Phi) is 5.55. The van der Waals surface area contributed by atoms with Crippen molar-refractivity contribution in [3.63, 3.8) is 0 Å². The molecular weight excluding hydrogens is 340 g/mol. The van der Waals surface area contributed by atoms with Gasteiger partial charge in [-0.1, -0.05) is 41.0 Å². The van der Waals surface area contributed by atoms with E-state index in [-0.39, 0.29) is 29.3 Å². The first-order chi connectivity index (χ1) is 12.6. The van der Waals surface area contributed by atoms with Crippen LogP contribution in [0.5, 0.6) is 0 Å². The molecule has 0 bridgehead atoms. The summed E-state index contributed by atoms with van der Waals surface area (Å²) in [7, 11) is 0. The van der Waals surface area contributed by atoms with Gasteiger partial charge < -0.3 is 14.9 Å². The second-order valence-corrected chi connectivity index (χ2v) is 10.3. The summed E-state index contributed by atoms with van der Waals surface area (Å²) in [5.41, 5.74) is 0.688. The summed E-state index contributed by atoms with van der Waals surface area (Å²) in [6.07, 6.45) is 7.52. The van der Waals surface area contributed by atoms with Crippen molar-refractivity contribution in [2.24, 2.45) is 34.0 Å². The number of hydrogen-bond donors (Lipinski definition) is 2. The summed E-state index contributed by atoms with van der Waals surface area (Å²) < 4.78 is 5.15. The summed E-state index contributed by atoms with van der Waals surface area (Å²) in [6.45, 7) is 11.8. The number of rotatable bonds is 5. The fraction of sp³-hybridized carbons (Fsp3) is 0.870. The standard InChI is InChI=1S/C23H38O4/c1-6-21(3)10-7-17-22(4,11-8-19(25)23(17,5)14-24)18(21)13-15(2)16-9-12-27-20(16)26/h9,15,17-19,24-25H,6-8,10-14H2,1-5H3/t15?,17?,18-,19+,21-,22-,23-/m0/s1. The van der Waals surface area contributed by atoms with Crippen molar-refractivity contribution in [3.05, 3.63) is 11.6 Å². The minimum Gasteiger partial charge on any atom is -0.458 e. The fourth-order valence-corrected chi connectivity index (χ4v) is 6.91. The molecule has 0 amide bonds. The Bertz CT molecular complexity index is 613. The largest absolute Gasteiger partial charge is 0.458 e. The molecule has 0 spiro atoms. The average Bonchev–Trinajstić information content (AvgIpc) is 3.07. The quantitative estimate of drug-likeness (QED) is 0.707. The van der Waals surface area contributed by atoms with Crippen LogP contribution in [0.1, 0.15) is 73.1 Å². The van der Waals surface area contributed by atoms with Crippen LogP contribution in [-0.4, -0.2) is 35.5 Å². The SMILES string of the molecule is CC[C@@]1(C)CCC2[C@](C)(CO)[C@H](O)CC[C@]2(C)[C@H]1CC(C)C1=CCOC1=O. The van der Waals surface area contributed by atoms with E-state index in [0.29, 0.717) is 18.4 Å². The zero-order valence-electron chi connectivity index (χ0n) is 17.8. The molecular formula is C23H38O4. The highest BCUT2D eigenvalue weighted by Crippen LogP contribution is 2.66. The molecule has 2 fully saturated rings. The van der Waals surface area contributed by atoms with Crippen molar-refractivity contribution in [3.8, 4) is 0 Å². The van der Waals surface area contributed by atoms with Crippen LogP contribution in [0.15, 0.2) is 11.6 Å². The molecule has 154 valence electrons. The van der Waals surface area contributed by atoms with E-state index >= 15 is 0 Å². The summed E-state index contributed by atoms with van der Waals surface area (Å²) in [5.74, 6) is 0.785. The highest BCUT2D eigenvalue weighted by Gasteiger charge is 2.61. The molecule has 0 aromatic carbocycles. The minimum absolute atomic E-state index is 0.0387. The number of cyclic esters (lactones) is 1. The first-order valence-corrected chi connectivity index (χ1v) is 10.8. The number of carbonyl (C=O) groups is 1. The summed E-state index contributed by atoms with van der Waals surface area (Å²) in [4.78, 5) is 12.1. The Morgan fingerprint density at radius 2 is 1.96 bits per heavy atom. The van der Waals surface area contributed by atoms with Gasteiger partial charge in [-0.15, -0.1) is 0 Å². The van der Waals surface area contributed by atoms with Crippen molar-refractivity contribution in [1.29, 1.82) is 0 Å². The second kappa shape index (κ2) is 7.18. The maximum Gasteiger partial charge on any atom is 0.334 e. The van der Waals surface area contributed by atoms with E-state index < -0.39 is 11.5 Å². The molecule has 4 nitrogen and oxygen atoms in total. The van der Waals surface area contributed by atoms with Gasteiger partial charge in [0.05, 0.1) is 12.7 Å². The number of fused-ring (bicyclic) bond motifs is 1. The molecule has 7 atom stereocenters. The van der Waals surface area contributed by atoms with Crippen LogP contribution in [0.25, 0.3) is 0 Å². The van der Waals surface area contributed by atoms with Crippen molar-refractivity contribution < 1.29 is 19.7 Å². The normalized spacial score (nSPS) is 45.8. The van der Waals surface area contributed by atoms with Gasteiger partial charge in [-0.2, -0.15) is 0 Å². The van der Waals surface area contributed by atoms with E-state index in [1.165, 1.54) is 0 Å². The molecule has 0 aromatic heterocycles. The third kappa shape index (κ3) is 3.17. The highest BCUT2D eigenvalue weighted by atomic mass is 16.5. The Balaban J connectivity index is 1.95. The molecule has 2 N–H and O–H groups in total. The van der Waals surface area contributed by atoms with E-state index in [0.717, 1.165) is 44.1 Å². The molecule has 1 heterocycles. The highest BCUT2D eigenvalue weighted by molar-refractivity contribution is 5.90. The molecule has 3 aliphatic rings. The summed E-state index contributed by atoms with van der Waals surface area (Å²) in [5, 5.41) is 20.9. The predicted molar refractivity (Wildman–Crippen MR) is 106 cm³/mol. The Morgan fingerprint density at radius 3 is 2.52 bits per heavy atom. The lowest BCUT2D eigenvalue weighted by Crippen LogP contribution is -2.60. The Morgan fingerprint density at radius 1 is 1.26 bits per heavy atom. The molecule has 27 heavy (non-hydrogen) atoms. The molecule has 0 aromatic rings. The van der Waals surface area contributed by atoms with Crippen LogP contribution in [0.2, 0.25) is 0 Å². The van der Waals surface area contributed by atoms with Gasteiger partial charge in [-0.05, 0) is 66.8 Å². The minimum atomic E-state index is -0.435. The molecule has 2 saturated carbocycles. The van der Waals surface area contributed by atoms with Crippen molar-refractivity contribution >= 4 is 5.97 Å². The molecule has 2 unspecified atom stereocenters. The monoisotopic (exact) mass is 378 g/mol. The maximum atomic E-state index is 12.1. The number of ether oxygens (including phenoxy) is 1. The fourth-order valence-electron chi connectivity index (χ4n) is 6.91. The lowest BCUT2D eigenvalue weighted by atomic mass is 9.41. The third-order valence-electron chi connectivity index (χ3n) is 8.97. The molecule has 0 radical (unpaired) electrons. The van der Waals surface area contributed by atoms with Gasteiger partial charge in [0.25, 0.3) is 0 Å². The van der Waals surface area contributed by atoms with Gasteiger partial charge in [0, 0.05) is 11.0 Å². The van der Waals surface area contributed by atoms with Crippen molar-refractivity contribution in [2.75, 3.05) is 13.2 Å². The van der Waals surface area contributed by atoms with Crippen molar-refractivity contribution in [2.45, 2.75) is 79.2 Å². The van der Waals surface area contributed by atoms with E-state index in [2.05, 4.69) is 34.6 Å². The number of carbonyl (C=O) groups excluding carboxylic acids is 1. The van der Waals surface area contributed by atoms with Crippen LogP contribution in [0.4, 0.5) is 0 Å². The first-order valence-electron chi connectivity index (χ1n) is 10.8. The summed E-state index contributed by atoms with van der Waals surface area (Å²) in [6, 6.07) is 0. The van der Waals surface area contributed by atoms with Crippen LogP contribution in [0.3, 0.4) is 0 Å². The third-order valence-corrected chi connectivity index (χ3v) is 8.97. The van der Waals surface area contributed by atoms with Crippen LogP contribution in [-0.2, 0) is 9.53 Å². The van der Waals surface area contributed by atoms with E-state index in [1.807, 2.05) is 6.08 Å². The summed E-state index contributed by atoms with van der Waals surface area (Å²) >= 11 is 0. The van der Waals surface area contributed by atoms with Gasteiger partial charge in [0.1, 0.15) is 6.61 Å². The van der Waals surface area contributed by atoms with Crippen LogP contribution < -0.4 is 0 Å². The molecule has 3 rings (SSSR count). The zero-order valence-corrected chi connectivity index (χ0v) is 17.8. The van der Waals surface area contributed by atoms with E-state index in [1.54, 1.807) is 0 Å². The lowest BCUT2D eigenvalue weighted by molar-refractivity contribution is -0.192. The number of aliphatic hydroxyl groups excluding tert-OH is 2. The molecule has 2 aliphatic carbocycles. The predicted octanol–water partition coefficient (Wildman–Crippen LogP) is 4.10. The second-order valence-electron chi connectivity index (χ2n) is 10.3. The molecule has 4 heteroatoms. The average molecular weight is 379 g/mol. The van der Waals surface area contributed by atoms with Crippen LogP contribution in [0, 0.1) is 34.0 Å². The zero-order chi connectivity index (χ0) is 20.0. The molecule has 1 aliphatic heterocycles.